The molecule has 1 fully saturated rings. The summed E-state index contributed by atoms with van der Waals surface area (Å²) in [6.45, 7) is 6.64. The van der Waals surface area contributed by atoms with E-state index >= 15 is 0 Å². The summed E-state index contributed by atoms with van der Waals surface area (Å²) in [6, 6.07) is 8.79. The first kappa shape index (κ1) is 17.7. The molecular weight excluding hydrogens is 282 g/mol. The van der Waals surface area contributed by atoms with E-state index in [9.17, 15) is 0 Å². The zero-order valence-electron chi connectivity index (χ0n) is 14.2. The highest BCUT2D eigenvalue weighted by Gasteiger charge is 2.24. The summed E-state index contributed by atoms with van der Waals surface area (Å²) in [5.41, 5.74) is 9.33. The van der Waals surface area contributed by atoms with Crippen LogP contribution >= 0.6 is 0 Å². The highest BCUT2D eigenvalue weighted by atomic mass is 16.5. The minimum absolute atomic E-state index is 0.388. The summed E-state index contributed by atoms with van der Waals surface area (Å²) in [5, 5.41) is 0. The average Bonchev–Trinajstić information content (AvgIpc) is 3.03. The molecule has 0 spiro atoms. The lowest BCUT2D eigenvalue weighted by molar-refractivity contribution is 0.0378. The SMILES string of the molecule is C=C/C(=C\C=C/C)c1ccc(CCC2CCC(CCN)O2)cc1. The standard InChI is InChI=1S/C21H29NO/c1-3-5-6-18(4-2)19-10-7-17(8-11-19)9-12-20-13-14-21(23-20)15-16-22/h3-8,10-11,20-21H,2,9,12-16,22H2,1H3/b5-3-,18-6+. The monoisotopic (exact) mass is 311 g/mol. The Balaban J connectivity index is 1.87. The van der Waals surface area contributed by atoms with Gasteiger partial charge in [-0.3, -0.25) is 0 Å². The van der Waals surface area contributed by atoms with Gasteiger partial charge in [0.15, 0.2) is 0 Å². The van der Waals surface area contributed by atoms with E-state index < -0.39 is 0 Å². The third kappa shape index (κ3) is 5.49. The van der Waals surface area contributed by atoms with Crippen LogP contribution < -0.4 is 5.73 Å². The lowest BCUT2D eigenvalue weighted by Gasteiger charge is -2.13. The summed E-state index contributed by atoms with van der Waals surface area (Å²) >= 11 is 0. The van der Waals surface area contributed by atoms with Crippen LogP contribution in [0.25, 0.3) is 5.57 Å². The molecule has 23 heavy (non-hydrogen) atoms. The van der Waals surface area contributed by atoms with Crippen LogP contribution in [0.1, 0.15) is 43.7 Å². The molecular formula is C21H29NO. The summed E-state index contributed by atoms with van der Waals surface area (Å²) in [5.74, 6) is 0. The number of aryl methyl sites for hydroxylation is 1. The molecule has 0 saturated carbocycles. The lowest BCUT2D eigenvalue weighted by Crippen LogP contribution is -2.15. The first-order chi connectivity index (χ1) is 11.3. The lowest BCUT2D eigenvalue weighted by atomic mass is 10.00. The van der Waals surface area contributed by atoms with Gasteiger partial charge in [-0.15, -0.1) is 0 Å². The highest BCUT2D eigenvalue weighted by molar-refractivity contribution is 5.74. The Morgan fingerprint density at radius 2 is 1.91 bits per heavy atom. The molecule has 1 aromatic carbocycles. The van der Waals surface area contributed by atoms with Gasteiger partial charge in [0.1, 0.15) is 0 Å². The molecule has 0 aromatic heterocycles. The van der Waals surface area contributed by atoms with Crippen LogP contribution in [0.15, 0.2) is 55.1 Å². The van der Waals surface area contributed by atoms with E-state index in [1.807, 2.05) is 25.2 Å². The van der Waals surface area contributed by atoms with Crippen LogP contribution in [-0.2, 0) is 11.2 Å². The molecule has 1 aliphatic heterocycles. The van der Waals surface area contributed by atoms with Gasteiger partial charge in [0.2, 0.25) is 0 Å². The minimum atomic E-state index is 0.388. The van der Waals surface area contributed by atoms with Gasteiger partial charge in [-0.1, -0.05) is 55.1 Å². The topological polar surface area (TPSA) is 35.2 Å². The first-order valence-electron chi connectivity index (χ1n) is 8.67. The van der Waals surface area contributed by atoms with Crippen LogP contribution in [0, 0.1) is 0 Å². The second-order valence-corrected chi connectivity index (χ2v) is 6.12. The predicted octanol–water partition coefficient (Wildman–Crippen LogP) is 4.66. The van der Waals surface area contributed by atoms with Gasteiger partial charge in [-0.25, -0.2) is 0 Å². The van der Waals surface area contributed by atoms with Crippen LogP contribution in [0.3, 0.4) is 0 Å². The molecule has 0 radical (unpaired) electrons. The van der Waals surface area contributed by atoms with E-state index in [0.29, 0.717) is 12.2 Å². The summed E-state index contributed by atoms with van der Waals surface area (Å²) in [4.78, 5) is 0. The fraction of sp³-hybridized carbons (Fsp3) is 0.429. The van der Waals surface area contributed by atoms with E-state index in [1.165, 1.54) is 24.0 Å². The molecule has 2 N–H and O–H groups in total. The van der Waals surface area contributed by atoms with Crippen molar-refractivity contribution < 1.29 is 4.74 Å². The van der Waals surface area contributed by atoms with Gasteiger partial charge in [0.25, 0.3) is 0 Å². The highest BCUT2D eigenvalue weighted by Crippen LogP contribution is 2.25. The van der Waals surface area contributed by atoms with E-state index in [0.717, 1.165) is 31.4 Å². The smallest absolute Gasteiger partial charge is 0.0591 e. The van der Waals surface area contributed by atoms with Crippen molar-refractivity contribution >= 4 is 5.57 Å². The average molecular weight is 311 g/mol. The predicted molar refractivity (Wildman–Crippen MR) is 99.3 cm³/mol. The van der Waals surface area contributed by atoms with Crippen LogP contribution in [0.4, 0.5) is 0 Å². The molecule has 0 amide bonds. The van der Waals surface area contributed by atoms with Gasteiger partial charge in [0, 0.05) is 0 Å². The number of allylic oxidation sites excluding steroid dienone is 5. The Morgan fingerprint density at radius 1 is 1.22 bits per heavy atom. The molecule has 2 atom stereocenters. The zero-order chi connectivity index (χ0) is 16.5. The van der Waals surface area contributed by atoms with Gasteiger partial charge in [-0.05, 0) is 62.3 Å². The molecule has 2 rings (SSSR count). The van der Waals surface area contributed by atoms with E-state index in [2.05, 4.69) is 36.9 Å². The maximum Gasteiger partial charge on any atom is 0.0591 e. The van der Waals surface area contributed by atoms with E-state index in [-0.39, 0.29) is 0 Å². The van der Waals surface area contributed by atoms with Crippen molar-refractivity contribution in [3.63, 3.8) is 0 Å². The molecule has 2 unspecified atom stereocenters. The third-order valence-electron chi connectivity index (χ3n) is 4.41. The largest absolute Gasteiger partial charge is 0.375 e. The number of ether oxygens (including phenoxy) is 1. The van der Waals surface area contributed by atoms with Crippen LogP contribution in [0.5, 0.6) is 0 Å². The number of nitrogens with two attached hydrogens (primary N) is 1. The Labute approximate surface area is 140 Å². The molecule has 1 saturated heterocycles. The van der Waals surface area contributed by atoms with Gasteiger partial charge >= 0.3 is 0 Å². The molecule has 0 aliphatic carbocycles. The van der Waals surface area contributed by atoms with Gasteiger partial charge < -0.3 is 10.5 Å². The van der Waals surface area contributed by atoms with Crippen molar-refractivity contribution in [1.29, 1.82) is 0 Å². The molecule has 2 nitrogen and oxygen atoms in total. The van der Waals surface area contributed by atoms with Gasteiger partial charge in [-0.2, -0.15) is 0 Å². The Kier molecular flexibility index (Phi) is 7.31. The Morgan fingerprint density at radius 3 is 2.52 bits per heavy atom. The molecule has 1 aromatic rings. The number of hydrogen-bond acceptors (Lipinski definition) is 2. The van der Waals surface area contributed by atoms with Crippen molar-refractivity contribution in [1.82, 2.24) is 0 Å². The number of rotatable bonds is 8. The third-order valence-corrected chi connectivity index (χ3v) is 4.41. The van der Waals surface area contributed by atoms with Crippen molar-refractivity contribution in [2.45, 2.75) is 51.2 Å². The van der Waals surface area contributed by atoms with Crippen molar-refractivity contribution in [3.05, 3.63) is 66.3 Å². The summed E-state index contributed by atoms with van der Waals surface area (Å²) in [6.07, 6.45) is 14.4. The molecule has 2 heteroatoms. The Bertz CT molecular complexity index is 541. The zero-order valence-corrected chi connectivity index (χ0v) is 14.2. The maximum absolute atomic E-state index is 6.04. The van der Waals surface area contributed by atoms with Crippen LogP contribution in [-0.4, -0.2) is 18.8 Å². The summed E-state index contributed by atoms with van der Waals surface area (Å²) < 4.78 is 6.04. The van der Waals surface area contributed by atoms with Crippen molar-refractivity contribution in [2.24, 2.45) is 5.73 Å². The molecule has 1 heterocycles. The van der Waals surface area contributed by atoms with Gasteiger partial charge in [0.05, 0.1) is 12.2 Å². The van der Waals surface area contributed by atoms with Crippen LogP contribution in [0.2, 0.25) is 0 Å². The first-order valence-corrected chi connectivity index (χ1v) is 8.67. The molecule has 0 bridgehead atoms. The normalized spacial score (nSPS) is 21.9. The fourth-order valence-electron chi connectivity index (χ4n) is 3.06. The molecule has 124 valence electrons. The second-order valence-electron chi connectivity index (χ2n) is 6.12. The number of benzene rings is 1. The molecule has 1 aliphatic rings. The summed E-state index contributed by atoms with van der Waals surface area (Å²) in [7, 11) is 0. The van der Waals surface area contributed by atoms with E-state index in [1.54, 1.807) is 0 Å². The van der Waals surface area contributed by atoms with Crippen molar-refractivity contribution in [2.75, 3.05) is 6.54 Å². The quantitative estimate of drug-likeness (QED) is 0.709. The minimum Gasteiger partial charge on any atom is -0.375 e. The Hall–Kier alpha value is -1.64. The second kappa shape index (κ2) is 9.49. The number of hydrogen-bond donors (Lipinski definition) is 1. The maximum atomic E-state index is 6.04. The fourth-order valence-corrected chi connectivity index (χ4v) is 3.06. The van der Waals surface area contributed by atoms with E-state index in [4.69, 9.17) is 10.5 Å². The van der Waals surface area contributed by atoms with Crippen molar-refractivity contribution in [3.8, 4) is 0 Å².